The summed E-state index contributed by atoms with van der Waals surface area (Å²) in [5, 5.41) is 2.97. The summed E-state index contributed by atoms with van der Waals surface area (Å²) in [4.78, 5) is 10.9. The summed E-state index contributed by atoms with van der Waals surface area (Å²) in [6.07, 6.45) is 1.84. The van der Waals surface area contributed by atoms with E-state index in [1.807, 2.05) is 34.0 Å². The molecular weight excluding hydrogens is 256 g/mol. The van der Waals surface area contributed by atoms with Crippen LogP contribution in [-0.4, -0.2) is 56.5 Å². The summed E-state index contributed by atoms with van der Waals surface area (Å²) in [6, 6.07) is 0. The van der Waals surface area contributed by atoms with Gasteiger partial charge in [-0.15, -0.1) is 0 Å². The van der Waals surface area contributed by atoms with E-state index < -0.39 is 0 Å². The number of ether oxygens (including phenoxy) is 2. The van der Waals surface area contributed by atoms with E-state index in [9.17, 15) is 0 Å². The average Bonchev–Trinajstić information content (AvgIpc) is 2.47. The SMILES string of the molecule is CCOCCN(CCOCC)c1nc(NC)ncc1C. The summed E-state index contributed by atoms with van der Waals surface area (Å²) in [5.74, 6) is 1.56. The van der Waals surface area contributed by atoms with Gasteiger partial charge in [-0.2, -0.15) is 4.98 Å². The number of aromatic nitrogens is 2. The quantitative estimate of drug-likeness (QED) is 0.659. The van der Waals surface area contributed by atoms with Crippen LogP contribution in [-0.2, 0) is 9.47 Å². The number of hydrogen-bond donors (Lipinski definition) is 1. The Bertz CT molecular complexity index is 377. The van der Waals surface area contributed by atoms with Crippen LogP contribution >= 0.6 is 0 Å². The summed E-state index contributed by atoms with van der Waals surface area (Å²) in [6.45, 7) is 10.4. The van der Waals surface area contributed by atoms with Crippen molar-refractivity contribution in [1.82, 2.24) is 9.97 Å². The molecule has 0 aliphatic carbocycles. The Morgan fingerprint density at radius 2 is 1.75 bits per heavy atom. The molecule has 6 nitrogen and oxygen atoms in total. The molecule has 1 aromatic heterocycles. The minimum atomic E-state index is 0.628. The molecule has 0 saturated carbocycles. The highest BCUT2D eigenvalue weighted by atomic mass is 16.5. The Labute approximate surface area is 121 Å². The van der Waals surface area contributed by atoms with E-state index >= 15 is 0 Å². The lowest BCUT2D eigenvalue weighted by Gasteiger charge is -2.25. The van der Waals surface area contributed by atoms with Crippen LogP contribution < -0.4 is 10.2 Å². The molecule has 0 unspecified atom stereocenters. The molecule has 1 rings (SSSR count). The molecule has 0 bridgehead atoms. The lowest BCUT2D eigenvalue weighted by Crippen LogP contribution is -2.32. The van der Waals surface area contributed by atoms with Crippen LogP contribution in [0.4, 0.5) is 11.8 Å². The van der Waals surface area contributed by atoms with E-state index in [1.54, 1.807) is 0 Å². The van der Waals surface area contributed by atoms with Crippen LogP contribution in [0.25, 0.3) is 0 Å². The second kappa shape index (κ2) is 9.50. The first kappa shape index (κ1) is 16.7. The highest BCUT2D eigenvalue weighted by molar-refractivity contribution is 5.48. The highest BCUT2D eigenvalue weighted by Crippen LogP contribution is 2.17. The van der Waals surface area contributed by atoms with Crippen molar-refractivity contribution in [3.63, 3.8) is 0 Å². The molecule has 0 radical (unpaired) electrons. The first-order valence-corrected chi connectivity index (χ1v) is 7.14. The number of anilines is 2. The van der Waals surface area contributed by atoms with Crippen LogP contribution in [0.15, 0.2) is 6.20 Å². The lowest BCUT2D eigenvalue weighted by atomic mass is 10.3. The van der Waals surface area contributed by atoms with Crippen molar-refractivity contribution >= 4 is 11.8 Å². The third-order valence-electron chi connectivity index (χ3n) is 2.89. The molecule has 114 valence electrons. The van der Waals surface area contributed by atoms with Crippen molar-refractivity contribution in [2.75, 3.05) is 56.8 Å². The van der Waals surface area contributed by atoms with E-state index in [2.05, 4.69) is 20.2 Å². The molecule has 6 heteroatoms. The third-order valence-corrected chi connectivity index (χ3v) is 2.89. The fraction of sp³-hybridized carbons (Fsp3) is 0.714. The van der Waals surface area contributed by atoms with E-state index in [-0.39, 0.29) is 0 Å². The van der Waals surface area contributed by atoms with E-state index in [1.165, 1.54) is 0 Å². The monoisotopic (exact) mass is 282 g/mol. The molecule has 0 aliphatic rings. The molecule has 1 aromatic rings. The molecule has 20 heavy (non-hydrogen) atoms. The first-order chi connectivity index (χ1) is 9.72. The molecule has 0 aromatic carbocycles. The summed E-state index contributed by atoms with van der Waals surface area (Å²) in [5.41, 5.74) is 1.05. The van der Waals surface area contributed by atoms with Crippen molar-refractivity contribution in [1.29, 1.82) is 0 Å². The highest BCUT2D eigenvalue weighted by Gasteiger charge is 2.12. The fourth-order valence-corrected chi connectivity index (χ4v) is 1.84. The number of nitrogens with one attached hydrogen (secondary N) is 1. The predicted octanol–water partition coefficient (Wildman–Crippen LogP) is 1.71. The van der Waals surface area contributed by atoms with Gasteiger partial charge in [0.1, 0.15) is 5.82 Å². The van der Waals surface area contributed by atoms with Gasteiger partial charge in [-0.3, -0.25) is 0 Å². The predicted molar refractivity (Wildman–Crippen MR) is 81.5 cm³/mol. The van der Waals surface area contributed by atoms with Crippen LogP contribution in [0.3, 0.4) is 0 Å². The molecule has 0 saturated heterocycles. The average molecular weight is 282 g/mol. The van der Waals surface area contributed by atoms with Crippen LogP contribution in [0, 0.1) is 6.92 Å². The summed E-state index contributed by atoms with van der Waals surface area (Å²) < 4.78 is 10.9. The molecule has 0 fully saturated rings. The van der Waals surface area contributed by atoms with Gasteiger partial charge in [-0.1, -0.05) is 0 Å². The lowest BCUT2D eigenvalue weighted by molar-refractivity contribution is 0.141. The molecule has 1 N–H and O–H groups in total. The van der Waals surface area contributed by atoms with Crippen molar-refractivity contribution in [3.05, 3.63) is 11.8 Å². The van der Waals surface area contributed by atoms with E-state index in [0.29, 0.717) is 19.2 Å². The second-order valence-electron chi connectivity index (χ2n) is 4.33. The van der Waals surface area contributed by atoms with Crippen molar-refractivity contribution in [3.8, 4) is 0 Å². The van der Waals surface area contributed by atoms with Gasteiger partial charge in [0.15, 0.2) is 0 Å². The van der Waals surface area contributed by atoms with Gasteiger partial charge in [0, 0.05) is 45.1 Å². The molecule has 0 aliphatic heterocycles. The van der Waals surface area contributed by atoms with Crippen molar-refractivity contribution < 1.29 is 9.47 Å². The maximum Gasteiger partial charge on any atom is 0.224 e. The Balaban J connectivity index is 2.78. The second-order valence-corrected chi connectivity index (χ2v) is 4.33. The van der Waals surface area contributed by atoms with Gasteiger partial charge in [0.2, 0.25) is 5.95 Å². The van der Waals surface area contributed by atoms with Crippen LogP contribution in [0.2, 0.25) is 0 Å². The number of rotatable bonds is 10. The molecule has 0 amide bonds. The maximum absolute atomic E-state index is 5.45. The third kappa shape index (κ3) is 5.30. The topological polar surface area (TPSA) is 59.5 Å². The Hall–Kier alpha value is -1.40. The number of hydrogen-bond acceptors (Lipinski definition) is 6. The van der Waals surface area contributed by atoms with Gasteiger partial charge in [-0.05, 0) is 20.8 Å². The van der Waals surface area contributed by atoms with Crippen molar-refractivity contribution in [2.24, 2.45) is 0 Å². The smallest absolute Gasteiger partial charge is 0.224 e. The zero-order chi connectivity index (χ0) is 14.8. The van der Waals surface area contributed by atoms with E-state index in [0.717, 1.165) is 37.7 Å². The molecule has 0 spiro atoms. The van der Waals surface area contributed by atoms with Gasteiger partial charge >= 0.3 is 0 Å². The zero-order valence-electron chi connectivity index (χ0n) is 13.0. The standard InChI is InChI=1S/C14H26N4O2/c1-5-19-9-7-18(8-10-20-6-2)13-12(3)11-16-14(15-4)17-13/h11H,5-10H2,1-4H3,(H,15,16,17). The first-order valence-electron chi connectivity index (χ1n) is 7.14. The molecular formula is C14H26N4O2. The van der Waals surface area contributed by atoms with Crippen LogP contribution in [0.1, 0.15) is 19.4 Å². The Kier molecular flexibility index (Phi) is 7.91. The Morgan fingerprint density at radius 3 is 2.25 bits per heavy atom. The fourth-order valence-electron chi connectivity index (χ4n) is 1.84. The summed E-state index contributed by atoms with van der Waals surface area (Å²) >= 11 is 0. The van der Waals surface area contributed by atoms with E-state index in [4.69, 9.17) is 9.47 Å². The minimum absolute atomic E-state index is 0.628. The minimum Gasteiger partial charge on any atom is -0.380 e. The summed E-state index contributed by atoms with van der Waals surface area (Å²) in [7, 11) is 1.82. The van der Waals surface area contributed by atoms with Gasteiger partial charge in [-0.25, -0.2) is 4.98 Å². The normalized spacial score (nSPS) is 10.6. The Morgan fingerprint density at radius 1 is 1.15 bits per heavy atom. The number of nitrogens with zero attached hydrogens (tertiary/aromatic N) is 3. The number of aryl methyl sites for hydroxylation is 1. The molecule has 1 heterocycles. The van der Waals surface area contributed by atoms with Gasteiger partial charge in [0.25, 0.3) is 0 Å². The van der Waals surface area contributed by atoms with Crippen LogP contribution in [0.5, 0.6) is 0 Å². The van der Waals surface area contributed by atoms with Gasteiger partial charge in [0.05, 0.1) is 13.2 Å². The van der Waals surface area contributed by atoms with Gasteiger partial charge < -0.3 is 19.7 Å². The molecule has 0 atom stereocenters. The maximum atomic E-state index is 5.45. The zero-order valence-corrected chi connectivity index (χ0v) is 13.0. The largest absolute Gasteiger partial charge is 0.380 e. The van der Waals surface area contributed by atoms with Crippen molar-refractivity contribution in [2.45, 2.75) is 20.8 Å².